The monoisotopic (exact) mass is 283 g/mol. The maximum absolute atomic E-state index is 13.6. The number of halogens is 2. The molecule has 0 aliphatic carbocycles. The van der Waals surface area contributed by atoms with E-state index in [2.05, 4.69) is 25.8 Å². The van der Waals surface area contributed by atoms with Crippen LogP contribution in [0.15, 0.2) is 12.1 Å². The number of fused-ring (bicyclic) bond motifs is 1. The lowest BCUT2D eigenvalue weighted by atomic mass is 10.0. The van der Waals surface area contributed by atoms with Crippen molar-refractivity contribution in [2.45, 2.75) is 39.7 Å². The van der Waals surface area contributed by atoms with Crippen LogP contribution in [0.2, 0.25) is 5.02 Å². The maximum atomic E-state index is 13.6. The molecule has 1 unspecified atom stereocenters. The number of nitrogens with two attached hydrogens (primary N) is 1. The van der Waals surface area contributed by atoms with Gasteiger partial charge in [0, 0.05) is 12.1 Å². The van der Waals surface area contributed by atoms with Crippen LogP contribution >= 0.6 is 11.6 Å². The molecule has 0 aliphatic heterocycles. The van der Waals surface area contributed by atoms with Gasteiger partial charge in [0.25, 0.3) is 0 Å². The first-order valence-electron chi connectivity index (χ1n) is 6.52. The van der Waals surface area contributed by atoms with Gasteiger partial charge in [-0.3, -0.25) is 0 Å². The summed E-state index contributed by atoms with van der Waals surface area (Å²) in [6.07, 6.45) is 2.08. The van der Waals surface area contributed by atoms with Gasteiger partial charge in [-0.2, -0.15) is 0 Å². The zero-order valence-electron chi connectivity index (χ0n) is 11.5. The quantitative estimate of drug-likeness (QED) is 0.903. The highest BCUT2D eigenvalue weighted by Gasteiger charge is 2.16. The molecule has 0 radical (unpaired) electrons. The van der Waals surface area contributed by atoms with E-state index < -0.39 is 5.82 Å². The van der Waals surface area contributed by atoms with Gasteiger partial charge in [-0.15, -0.1) is 0 Å². The molecule has 1 aromatic heterocycles. The van der Waals surface area contributed by atoms with Crippen molar-refractivity contribution in [3.8, 4) is 0 Å². The maximum Gasteiger partial charge on any atom is 0.201 e. The van der Waals surface area contributed by atoms with E-state index in [4.69, 9.17) is 17.3 Å². The number of rotatable bonds is 4. The minimum absolute atomic E-state index is 0.0759. The fourth-order valence-electron chi connectivity index (χ4n) is 2.28. The molecule has 1 heterocycles. The van der Waals surface area contributed by atoms with E-state index in [1.165, 1.54) is 12.1 Å². The molecule has 0 amide bonds. The van der Waals surface area contributed by atoms with Crippen LogP contribution in [-0.4, -0.2) is 9.55 Å². The summed E-state index contributed by atoms with van der Waals surface area (Å²) >= 11 is 5.77. The van der Waals surface area contributed by atoms with Gasteiger partial charge in [-0.25, -0.2) is 9.37 Å². The Labute approximate surface area is 117 Å². The Hall–Kier alpha value is -1.29. The fourth-order valence-corrected chi connectivity index (χ4v) is 2.43. The lowest BCUT2D eigenvalue weighted by Crippen LogP contribution is -2.09. The molecule has 1 aromatic carbocycles. The minimum Gasteiger partial charge on any atom is -0.369 e. The number of nitrogen functional groups attached to an aromatic ring is 1. The molecule has 2 rings (SSSR count). The lowest BCUT2D eigenvalue weighted by Gasteiger charge is -2.17. The van der Waals surface area contributed by atoms with Crippen molar-refractivity contribution in [3.63, 3.8) is 0 Å². The first-order chi connectivity index (χ1) is 8.90. The summed E-state index contributed by atoms with van der Waals surface area (Å²) in [5, 5.41) is 0.0759. The van der Waals surface area contributed by atoms with Crippen molar-refractivity contribution in [2.75, 3.05) is 5.73 Å². The molecule has 104 valence electrons. The normalized spacial score (nSPS) is 13.4. The zero-order chi connectivity index (χ0) is 14.2. The van der Waals surface area contributed by atoms with Crippen LogP contribution in [0.4, 0.5) is 10.3 Å². The van der Waals surface area contributed by atoms with Crippen LogP contribution in [-0.2, 0) is 0 Å². The van der Waals surface area contributed by atoms with Crippen LogP contribution in [0.3, 0.4) is 0 Å². The zero-order valence-corrected chi connectivity index (χ0v) is 12.2. The minimum atomic E-state index is -0.439. The Kier molecular flexibility index (Phi) is 3.99. The number of benzene rings is 1. The molecule has 0 spiro atoms. The van der Waals surface area contributed by atoms with Gasteiger partial charge in [0.2, 0.25) is 5.95 Å². The van der Waals surface area contributed by atoms with Crippen LogP contribution in [0.1, 0.15) is 39.7 Å². The van der Waals surface area contributed by atoms with Crippen molar-refractivity contribution in [2.24, 2.45) is 5.92 Å². The van der Waals surface area contributed by atoms with E-state index in [1.807, 2.05) is 4.57 Å². The van der Waals surface area contributed by atoms with Crippen LogP contribution in [0, 0.1) is 11.7 Å². The number of hydrogen-bond donors (Lipinski definition) is 1. The molecule has 0 fully saturated rings. The second-order valence-corrected chi connectivity index (χ2v) is 5.82. The van der Waals surface area contributed by atoms with E-state index in [0.717, 1.165) is 12.8 Å². The van der Waals surface area contributed by atoms with Gasteiger partial charge >= 0.3 is 0 Å². The summed E-state index contributed by atoms with van der Waals surface area (Å²) in [6, 6.07) is 3.12. The Morgan fingerprint density at radius 2 is 2.00 bits per heavy atom. The van der Waals surface area contributed by atoms with Crippen molar-refractivity contribution in [1.29, 1.82) is 0 Å². The molecule has 5 heteroatoms. The van der Waals surface area contributed by atoms with Gasteiger partial charge in [0.05, 0.1) is 16.1 Å². The molecule has 19 heavy (non-hydrogen) atoms. The Balaban J connectivity index is 2.42. The summed E-state index contributed by atoms with van der Waals surface area (Å²) in [7, 11) is 0. The molecular formula is C14H19ClFN3. The van der Waals surface area contributed by atoms with E-state index in [1.54, 1.807) is 0 Å². The topological polar surface area (TPSA) is 43.8 Å². The van der Waals surface area contributed by atoms with Crippen molar-refractivity contribution < 1.29 is 4.39 Å². The first kappa shape index (κ1) is 14.1. The van der Waals surface area contributed by atoms with Gasteiger partial charge in [-0.1, -0.05) is 25.4 Å². The second-order valence-electron chi connectivity index (χ2n) is 5.42. The van der Waals surface area contributed by atoms with E-state index in [9.17, 15) is 4.39 Å². The van der Waals surface area contributed by atoms with Crippen molar-refractivity contribution in [3.05, 3.63) is 23.0 Å². The van der Waals surface area contributed by atoms with Crippen LogP contribution in [0.5, 0.6) is 0 Å². The Morgan fingerprint density at radius 3 is 2.63 bits per heavy atom. The SMILES string of the molecule is CC(C)CCC(C)n1c(N)nc2cc(Cl)c(F)cc21. The fraction of sp³-hybridized carbons (Fsp3) is 0.500. The van der Waals surface area contributed by atoms with E-state index in [0.29, 0.717) is 22.9 Å². The third-order valence-corrected chi connectivity index (χ3v) is 3.65. The van der Waals surface area contributed by atoms with Gasteiger partial charge < -0.3 is 10.3 Å². The molecule has 2 N–H and O–H groups in total. The predicted octanol–water partition coefficient (Wildman–Crippen LogP) is 4.41. The molecular weight excluding hydrogens is 265 g/mol. The molecule has 3 nitrogen and oxygen atoms in total. The average Bonchev–Trinajstić information content (AvgIpc) is 2.62. The highest BCUT2D eigenvalue weighted by Crippen LogP contribution is 2.29. The number of aromatic nitrogens is 2. The number of nitrogens with zero attached hydrogens (tertiary/aromatic N) is 2. The van der Waals surface area contributed by atoms with Gasteiger partial charge in [0.1, 0.15) is 5.82 Å². The summed E-state index contributed by atoms with van der Waals surface area (Å²) in [4.78, 5) is 4.25. The first-order valence-corrected chi connectivity index (χ1v) is 6.90. The van der Waals surface area contributed by atoms with Crippen LogP contribution < -0.4 is 5.73 Å². The summed E-state index contributed by atoms with van der Waals surface area (Å²) < 4.78 is 15.5. The number of hydrogen-bond acceptors (Lipinski definition) is 2. The molecule has 0 aliphatic rings. The largest absolute Gasteiger partial charge is 0.369 e. The highest BCUT2D eigenvalue weighted by atomic mass is 35.5. The van der Waals surface area contributed by atoms with Crippen LogP contribution in [0.25, 0.3) is 11.0 Å². The summed E-state index contributed by atoms with van der Waals surface area (Å²) in [6.45, 7) is 6.44. The predicted molar refractivity (Wildman–Crippen MR) is 77.9 cm³/mol. The third kappa shape index (κ3) is 2.84. The average molecular weight is 284 g/mol. The highest BCUT2D eigenvalue weighted by molar-refractivity contribution is 6.31. The molecule has 0 saturated heterocycles. The standard InChI is InChI=1S/C14H19ClFN3/c1-8(2)4-5-9(3)19-13-7-11(16)10(15)6-12(13)18-14(19)17/h6-9H,4-5H2,1-3H3,(H2,17,18). The molecule has 2 aromatic rings. The van der Waals surface area contributed by atoms with Crippen molar-refractivity contribution >= 4 is 28.6 Å². The Morgan fingerprint density at radius 1 is 1.32 bits per heavy atom. The van der Waals surface area contributed by atoms with Gasteiger partial charge in [-0.05, 0) is 31.7 Å². The van der Waals surface area contributed by atoms with E-state index >= 15 is 0 Å². The number of imidazole rings is 1. The summed E-state index contributed by atoms with van der Waals surface area (Å²) in [5.74, 6) is 0.601. The Bertz CT molecular complexity index is 592. The van der Waals surface area contributed by atoms with Crippen molar-refractivity contribution in [1.82, 2.24) is 9.55 Å². The lowest BCUT2D eigenvalue weighted by molar-refractivity contribution is 0.449. The smallest absolute Gasteiger partial charge is 0.201 e. The summed E-state index contributed by atoms with van der Waals surface area (Å²) in [5.41, 5.74) is 7.29. The second kappa shape index (κ2) is 5.37. The van der Waals surface area contributed by atoms with E-state index in [-0.39, 0.29) is 11.1 Å². The van der Waals surface area contributed by atoms with Gasteiger partial charge in [0.15, 0.2) is 0 Å². The molecule has 1 atom stereocenters. The molecule has 0 saturated carbocycles. The molecule has 0 bridgehead atoms. The number of anilines is 1. The third-order valence-electron chi connectivity index (χ3n) is 3.36.